The molecule has 1 aromatic rings. The van der Waals surface area contributed by atoms with Crippen LogP contribution >= 0.6 is 11.8 Å². The summed E-state index contributed by atoms with van der Waals surface area (Å²) in [7, 11) is 0. The smallest absolute Gasteiger partial charge is 0.316 e. The minimum absolute atomic E-state index is 0.243. The lowest BCUT2D eigenvalue weighted by atomic mass is 10.2. The Balaban J connectivity index is 2.09. The second-order valence-electron chi connectivity index (χ2n) is 5.76. The van der Waals surface area contributed by atoms with E-state index < -0.39 is 11.7 Å². The average Bonchev–Trinajstić information content (AvgIpc) is 2.38. The zero-order chi connectivity index (χ0) is 15.7. The lowest BCUT2D eigenvalue weighted by Crippen LogP contribution is -2.25. The van der Waals surface area contributed by atoms with Gasteiger partial charge in [-0.15, -0.1) is 11.8 Å². The van der Waals surface area contributed by atoms with Gasteiger partial charge in [0.05, 0.1) is 25.1 Å². The second-order valence-corrected chi connectivity index (χ2v) is 6.79. The van der Waals surface area contributed by atoms with Crippen LogP contribution in [0.5, 0.6) is 0 Å². The van der Waals surface area contributed by atoms with Crippen LogP contribution in [0.2, 0.25) is 0 Å². The molecule has 118 valence electrons. The molecule has 0 aliphatic heterocycles. The van der Waals surface area contributed by atoms with E-state index in [-0.39, 0.29) is 18.3 Å². The highest BCUT2D eigenvalue weighted by atomic mass is 32.2. The molecule has 0 bridgehead atoms. The van der Waals surface area contributed by atoms with Crippen LogP contribution in [0.1, 0.15) is 26.3 Å². The quantitative estimate of drug-likeness (QED) is 0.748. The van der Waals surface area contributed by atoms with Crippen LogP contribution in [0, 0.1) is 0 Å². The van der Waals surface area contributed by atoms with Crippen molar-refractivity contribution in [3.8, 4) is 0 Å². The molecule has 5 heteroatoms. The molecule has 1 rings (SSSR count). The standard InChI is InChI=1S/C16H24O4S/c1-16(2,3)20-15(18)12-21-11-14(17)10-19-9-13-7-5-4-6-8-13/h4-8,14,17H,9-12H2,1-3H3. The van der Waals surface area contributed by atoms with E-state index in [0.29, 0.717) is 12.4 Å². The fraction of sp³-hybridized carbons (Fsp3) is 0.562. The van der Waals surface area contributed by atoms with Gasteiger partial charge in [-0.25, -0.2) is 0 Å². The number of aliphatic hydroxyl groups excluding tert-OH is 1. The maximum Gasteiger partial charge on any atom is 0.316 e. The Hall–Kier alpha value is -1.04. The number of hydrogen-bond acceptors (Lipinski definition) is 5. The summed E-state index contributed by atoms with van der Waals surface area (Å²) < 4.78 is 10.6. The predicted molar refractivity (Wildman–Crippen MR) is 85.3 cm³/mol. The number of hydrogen-bond donors (Lipinski definition) is 1. The lowest BCUT2D eigenvalue weighted by Gasteiger charge is -2.19. The number of thioether (sulfide) groups is 1. The average molecular weight is 312 g/mol. The van der Waals surface area contributed by atoms with Crippen molar-refractivity contribution in [3.63, 3.8) is 0 Å². The zero-order valence-electron chi connectivity index (χ0n) is 12.9. The summed E-state index contributed by atoms with van der Waals surface area (Å²) in [6.07, 6.45) is -0.582. The second kappa shape index (κ2) is 9.07. The highest BCUT2D eigenvalue weighted by Gasteiger charge is 2.16. The minimum atomic E-state index is -0.582. The molecular weight excluding hydrogens is 288 g/mol. The molecule has 0 saturated heterocycles. The Morgan fingerprint density at radius 2 is 1.95 bits per heavy atom. The number of carbonyl (C=O) groups is 1. The van der Waals surface area contributed by atoms with Crippen molar-refractivity contribution in [3.05, 3.63) is 35.9 Å². The molecule has 0 saturated carbocycles. The Morgan fingerprint density at radius 3 is 2.57 bits per heavy atom. The first kappa shape index (κ1) is 18.0. The van der Waals surface area contributed by atoms with Gasteiger partial charge in [0.1, 0.15) is 5.60 Å². The van der Waals surface area contributed by atoms with E-state index in [0.717, 1.165) is 5.56 Å². The van der Waals surface area contributed by atoms with Gasteiger partial charge in [0.25, 0.3) is 0 Å². The predicted octanol–water partition coefficient (Wildman–Crippen LogP) is 2.64. The summed E-state index contributed by atoms with van der Waals surface area (Å²) >= 11 is 1.35. The molecule has 0 spiro atoms. The molecule has 0 aromatic heterocycles. The number of aliphatic hydroxyl groups is 1. The van der Waals surface area contributed by atoms with Crippen molar-refractivity contribution in [2.45, 2.75) is 39.1 Å². The van der Waals surface area contributed by atoms with Gasteiger partial charge in [-0.3, -0.25) is 4.79 Å². The van der Waals surface area contributed by atoms with E-state index in [2.05, 4.69) is 0 Å². The van der Waals surface area contributed by atoms with E-state index in [1.54, 1.807) is 0 Å². The summed E-state index contributed by atoms with van der Waals surface area (Å²) in [6, 6.07) is 9.80. The Morgan fingerprint density at radius 1 is 1.29 bits per heavy atom. The van der Waals surface area contributed by atoms with Crippen LogP contribution in [-0.2, 0) is 20.9 Å². The molecule has 0 amide bonds. The third-order valence-electron chi connectivity index (χ3n) is 2.37. The van der Waals surface area contributed by atoms with E-state index in [4.69, 9.17) is 9.47 Å². The molecule has 21 heavy (non-hydrogen) atoms. The normalized spacial score (nSPS) is 13.0. The minimum Gasteiger partial charge on any atom is -0.459 e. The maximum absolute atomic E-state index is 11.5. The molecule has 1 N–H and O–H groups in total. The molecule has 1 aromatic carbocycles. The van der Waals surface area contributed by atoms with Gasteiger partial charge >= 0.3 is 5.97 Å². The first-order chi connectivity index (χ1) is 9.87. The monoisotopic (exact) mass is 312 g/mol. The summed E-state index contributed by atoms with van der Waals surface area (Å²) in [5, 5.41) is 9.77. The summed E-state index contributed by atoms with van der Waals surface area (Å²) in [4.78, 5) is 11.5. The Kier molecular flexibility index (Phi) is 7.78. The third kappa shape index (κ3) is 9.50. The fourth-order valence-corrected chi connectivity index (χ4v) is 2.30. The Labute approximate surface area is 130 Å². The molecular formula is C16H24O4S. The van der Waals surface area contributed by atoms with Crippen molar-refractivity contribution < 1.29 is 19.4 Å². The van der Waals surface area contributed by atoms with Crippen LogP contribution < -0.4 is 0 Å². The molecule has 0 fully saturated rings. The topological polar surface area (TPSA) is 55.8 Å². The fourth-order valence-electron chi connectivity index (χ4n) is 1.58. The van der Waals surface area contributed by atoms with Gasteiger partial charge in [-0.2, -0.15) is 0 Å². The van der Waals surface area contributed by atoms with Crippen LogP contribution in [0.15, 0.2) is 30.3 Å². The maximum atomic E-state index is 11.5. The van der Waals surface area contributed by atoms with Crippen molar-refractivity contribution in [2.24, 2.45) is 0 Å². The van der Waals surface area contributed by atoms with E-state index >= 15 is 0 Å². The number of ether oxygens (including phenoxy) is 2. The molecule has 4 nitrogen and oxygen atoms in total. The van der Waals surface area contributed by atoms with Crippen molar-refractivity contribution in [1.82, 2.24) is 0 Å². The molecule has 0 aliphatic rings. The molecule has 1 unspecified atom stereocenters. The van der Waals surface area contributed by atoms with E-state index in [1.807, 2.05) is 51.1 Å². The highest BCUT2D eigenvalue weighted by Crippen LogP contribution is 2.11. The first-order valence-electron chi connectivity index (χ1n) is 6.96. The van der Waals surface area contributed by atoms with E-state index in [9.17, 15) is 9.90 Å². The largest absolute Gasteiger partial charge is 0.459 e. The first-order valence-corrected chi connectivity index (χ1v) is 8.11. The van der Waals surface area contributed by atoms with E-state index in [1.165, 1.54) is 11.8 Å². The zero-order valence-corrected chi connectivity index (χ0v) is 13.7. The van der Waals surface area contributed by atoms with Gasteiger partial charge in [0, 0.05) is 5.75 Å². The molecule has 0 heterocycles. The molecule has 1 atom stereocenters. The SMILES string of the molecule is CC(C)(C)OC(=O)CSCC(O)COCc1ccccc1. The lowest BCUT2D eigenvalue weighted by molar-refractivity contribution is -0.151. The van der Waals surface area contributed by atoms with Gasteiger partial charge < -0.3 is 14.6 Å². The van der Waals surface area contributed by atoms with Gasteiger partial charge in [-0.05, 0) is 26.3 Å². The molecule has 0 aliphatic carbocycles. The van der Waals surface area contributed by atoms with Crippen molar-refractivity contribution in [2.75, 3.05) is 18.1 Å². The van der Waals surface area contributed by atoms with Crippen molar-refractivity contribution >= 4 is 17.7 Å². The summed E-state index contributed by atoms with van der Waals surface area (Å²) in [5.41, 5.74) is 0.612. The highest BCUT2D eigenvalue weighted by molar-refractivity contribution is 7.99. The molecule has 0 radical (unpaired) electrons. The van der Waals surface area contributed by atoms with Crippen LogP contribution in [0.3, 0.4) is 0 Å². The number of benzene rings is 1. The van der Waals surface area contributed by atoms with Crippen molar-refractivity contribution in [1.29, 1.82) is 0 Å². The summed E-state index contributed by atoms with van der Waals surface area (Å²) in [6.45, 7) is 6.25. The Bertz CT molecular complexity index is 414. The number of esters is 1. The third-order valence-corrected chi connectivity index (χ3v) is 3.43. The van der Waals surface area contributed by atoms with Gasteiger partial charge in [-0.1, -0.05) is 30.3 Å². The van der Waals surface area contributed by atoms with Gasteiger partial charge in [0.15, 0.2) is 0 Å². The number of rotatable bonds is 8. The van der Waals surface area contributed by atoms with Crippen LogP contribution in [0.25, 0.3) is 0 Å². The van der Waals surface area contributed by atoms with Crippen LogP contribution in [-0.4, -0.2) is 40.9 Å². The van der Waals surface area contributed by atoms with Crippen LogP contribution in [0.4, 0.5) is 0 Å². The van der Waals surface area contributed by atoms with Gasteiger partial charge in [0.2, 0.25) is 0 Å². The summed E-state index contributed by atoms with van der Waals surface area (Å²) in [5.74, 6) is 0.436. The number of carbonyl (C=O) groups excluding carboxylic acids is 1.